The number of carbonyl (C=O) groups is 1. The zero-order valence-electron chi connectivity index (χ0n) is 13.5. The predicted octanol–water partition coefficient (Wildman–Crippen LogP) is 3.58. The fourth-order valence-corrected chi connectivity index (χ4v) is 3.18. The molecule has 1 amide bonds. The monoisotopic (exact) mass is 313 g/mol. The van der Waals surface area contributed by atoms with Crippen molar-refractivity contribution in [2.45, 2.75) is 44.6 Å². The lowest BCUT2D eigenvalue weighted by Gasteiger charge is -2.23. The molecule has 5 nitrogen and oxygen atoms in total. The lowest BCUT2D eigenvalue weighted by Crippen LogP contribution is -2.21. The Balaban J connectivity index is 1.65. The van der Waals surface area contributed by atoms with Crippen LogP contribution in [0.25, 0.3) is 0 Å². The van der Waals surface area contributed by atoms with Gasteiger partial charge in [0.15, 0.2) is 0 Å². The zero-order chi connectivity index (χ0) is 16.1. The van der Waals surface area contributed by atoms with Crippen LogP contribution in [0.4, 0.5) is 5.82 Å². The van der Waals surface area contributed by atoms with Gasteiger partial charge in [-0.05, 0) is 30.5 Å². The summed E-state index contributed by atoms with van der Waals surface area (Å²) >= 11 is 0. The topological polar surface area (TPSA) is 56.1 Å². The maximum atomic E-state index is 12.3. The smallest absolute Gasteiger partial charge is 0.229 e. The summed E-state index contributed by atoms with van der Waals surface area (Å²) in [5, 5.41) is 7.40. The molecule has 1 aliphatic rings. The lowest BCUT2D eigenvalue weighted by molar-refractivity contribution is -0.115. The number of nitrogens with zero attached hydrogens (tertiary/aromatic N) is 2. The molecule has 1 saturated carbocycles. The minimum atomic E-state index is -0.0317. The molecule has 0 radical (unpaired) electrons. The van der Waals surface area contributed by atoms with Crippen molar-refractivity contribution in [2.24, 2.45) is 0 Å². The van der Waals surface area contributed by atoms with E-state index in [1.807, 2.05) is 35.0 Å². The molecule has 122 valence electrons. The van der Waals surface area contributed by atoms with Gasteiger partial charge in [0.1, 0.15) is 11.6 Å². The maximum absolute atomic E-state index is 12.3. The highest BCUT2D eigenvalue weighted by Crippen LogP contribution is 2.29. The van der Waals surface area contributed by atoms with Crippen LogP contribution in [-0.4, -0.2) is 22.8 Å². The maximum Gasteiger partial charge on any atom is 0.229 e. The molecule has 1 aliphatic carbocycles. The van der Waals surface area contributed by atoms with Gasteiger partial charge in [0.25, 0.3) is 0 Å². The van der Waals surface area contributed by atoms with Gasteiger partial charge in [0.2, 0.25) is 5.91 Å². The van der Waals surface area contributed by atoms with Crippen LogP contribution in [0.15, 0.2) is 36.5 Å². The van der Waals surface area contributed by atoms with Crippen molar-refractivity contribution in [2.75, 3.05) is 12.4 Å². The Morgan fingerprint density at radius 1 is 1.30 bits per heavy atom. The number of rotatable bonds is 5. The fourth-order valence-electron chi connectivity index (χ4n) is 3.18. The standard InChI is InChI=1S/C18H23N3O2/c1-23-16-9-5-6-14(12-16)13-18(22)20-17-10-11-19-21(17)15-7-3-2-4-8-15/h5-6,9-12,15H,2-4,7-8,13H2,1H3,(H,20,22). The van der Waals surface area contributed by atoms with E-state index >= 15 is 0 Å². The first-order chi connectivity index (χ1) is 11.3. The summed E-state index contributed by atoms with van der Waals surface area (Å²) in [4.78, 5) is 12.3. The van der Waals surface area contributed by atoms with E-state index < -0.39 is 0 Å². The lowest BCUT2D eigenvalue weighted by atomic mass is 9.96. The van der Waals surface area contributed by atoms with Gasteiger partial charge in [-0.2, -0.15) is 5.10 Å². The van der Waals surface area contributed by atoms with E-state index in [1.165, 1.54) is 19.3 Å². The summed E-state index contributed by atoms with van der Waals surface area (Å²) in [6, 6.07) is 9.87. The average molecular weight is 313 g/mol. The highest BCUT2D eigenvalue weighted by molar-refractivity contribution is 5.91. The largest absolute Gasteiger partial charge is 0.497 e. The van der Waals surface area contributed by atoms with Crippen molar-refractivity contribution in [3.05, 3.63) is 42.1 Å². The second-order valence-electron chi connectivity index (χ2n) is 6.03. The summed E-state index contributed by atoms with van der Waals surface area (Å²) in [6.45, 7) is 0. The number of methoxy groups -OCH3 is 1. The van der Waals surface area contributed by atoms with E-state index in [-0.39, 0.29) is 5.91 Å². The van der Waals surface area contributed by atoms with Crippen LogP contribution in [0, 0.1) is 0 Å². The quantitative estimate of drug-likeness (QED) is 0.918. The Kier molecular flexibility index (Phi) is 4.95. The van der Waals surface area contributed by atoms with E-state index in [1.54, 1.807) is 13.3 Å². The van der Waals surface area contributed by atoms with E-state index in [4.69, 9.17) is 4.74 Å². The number of amides is 1. The van der Waals surface area contributed by atoms with E-state index in [0.29, 0.717) is 12.5 Å². The second-order valence-corrected chi connectivity index (χ2v) is 6.03. The summed E-state index contributed by atoms with van der Waals surface area (Å²) in [5.41, 5.74) is 0.936. The molecule has 0 saturated heterocycles. The third kappa shape index (κ3) is 3.92. The van der Waals surface area contributed by atoms with Crippen molar-refractivity contribution in [3.63, 3.8) is 0 Å². The van der Waals surface area contributed by atoms with Crippen LogP contribution in [0.2, 0.25) is 0 Å². The minimum Gasteiger partial charge on any atom is -0.497 e. The normalized spacial score (nSPS) is 15.3. The SMILES string of the molecule is COc1cccc(CC(=O)Nc2ccnn2C2CCCCC2)c1. The number of hydrogen-bond acceptors (Lipinski definition) is 3. The van der Waals surface area contributed by atoms with Crippen LogP contribution in [0.3, 0.4) is 0 Å². The molecule has 1 aromatic carbocycles. The van der Waals surface area contributed by atoms with Crippen molar-refractivity contribution < 1.29 is 9.53 Å². The predicted molar refractivity (Wildman–Crippen MR) is 89.7 cm³/mol. The highest BCUT2D eigenvalue weighted by atomic mass is 16.5. The Hall–Kier alpha value is -2.30. The van der Waals surface area contributed by atoms with Crippen molar-refractivity contribution >= 4 is 11.7 Å². The molecule has 2 aromatic rings. The Bertz CT molecular complexity index is 660. The molecule has 0 unspecified atom stereocenters. The third-order valence-corrected chi connectivity index (χ3v) is 4.36. The molecule has 1 N–H and O–H groups in total. The van der Waals surface area contributed by atoms with Crippen LogP contribution in [0.1, 0.15) is 43.7 Å². The summed E-state index contributed by atoms with van der Waals surface area (Å²) in [6.07, 6.45) is 8.14. The van der Waals surface area contributed by atoms with Gasteiger partial charge in [0, 0.05) is 6.07 Å². The Labute approximate surface area is 136 Å². The number of nitrogens with one attached hydrogen (secondary N) is 1. The fraction of sp³-hybridized carbons (Fsp3) is 0.444. The molecule has 5 heteroatoms. The summed E-state index contributed by atoms with van der Waals surface area (Å²) in [5.74, 6) is 1.53. The number of carbonyl (C=O) groups excluding carboxylic acids is 1. The van der Waals surface area contributed by atoms with Gasteiger partial charge in [-0.1, -0.05) is 31.4 Å². The van der Waals surface area contributed by atoms with E-state index in [0.717, 1.165) is 30.0 Å². The van der Waals surface area contributed by atoms with Gasteiger partial charge in [0.05, 0.1) is 25.8 Å². The molecule has 1 heterocycles. The number of ether oxygens (including phenoxy) is 1. The minimum absolute atomic E-state index is 0.0317. The number of benzene rings is 1. The molecular weight excluding hydrogens is 290 g/mol. The van der Waals surface area contributed by atoms with Gasteiger partial charge in [-0.15, -0.1) is 0 Å². The Morgan fingerprint density at radius 3 is 2.91 bits per heavy atom. The van der Waals surface area contributed by atoms with Gasteiger partial charge in [-0.25, -0.2) is 4.68 Å². The van der Waals surface area contributed by atoms with Gasteiger partial charge < -0.3 is 10.1 Å². The van der Waals surface area contributed by atoms with Crippen LogP contribution in [0.5, 0.6) is 5.75 Å². The number of hydrogen-bond donors (Lipinski definition) is 1. The van der Waals surface area contributed by atoms with Gasteiger partial charge >= 0.3 is 0 Å². The summed E-state index contributed by atoms with van der Waals surface area (Å²) < 4.78 is 7.17. The Morgan fingerprint density at radius 2 is 2.13 bits per heavy atom. The molecule has 0 aliphatic heterocycles. The first-order valence-corrected chi connectivity index (χ1v) is 8.22. The average Bonchev–Trinajstić information content (AvgIpc) is 3.03. The van der Waals surface area contributed by atoms with Crippen LogP contribution < -0.4 is 10.1 Å². The molecule has 1 aromatic heterocycles. The van der Waals surface area contributed by atoms with E-state index in [9.17, 15) is 4.79 Å². The number of anilines is 1. The third-order valence-electron chi connectivity index (χ3n) is 4.36. The van der Waals surface area contributed by atoms with Crippen molar-refractivity contribution in [3.8, 4) is 5.75 Å². The molecule has 0 bridgehead atoms. The molecule has 0 atom stereocenters. The zero-order valence-corrected chi connectivity index (χ0v) is 13.5. The first kappa shape index (κ1) is 15.6. The second kappa shape index (κ2) is 7.31. The molecule has 1 fully saturated rings. The van der Waals surface area contributed by atoms with Crippen molar-refractivity contribution in [1.29, 1.82) is 0 Å². The van der Waals surface area contributed by atoms with E-state index in [2.05, 4.69) is 10.4 Å². The van der Waals surface area contributed by atoms with Gasteiger partial charge in [-0.3, -0.25) is 4.79 Å². The molecule has 0 spiro atoms. The van der Waals surface area contributed by atoms with Crippen LogP contribution >= 0.6 is 0 Å². The highest BCUT2D eigenvalue weighted by Gasteiger charge is 2.19. The molecule has 3 rings (SSSR count). The molecular formula is C18H23N3O2. The van der Waals surface area contributed by atoms with Crippen LogP contribution in [-0.2, 0) is 11.2 Å². The summed E-state index contributed by atoms with van der Waals surface area (Å²) in [7, 11) is 1.63. The van der Waals surface area contributed by atoms with Crippen molar-refractivity contribution in [1.82, 2.24) is 9.78 Å². The first-order valence-electron chi connectivity index (χ1n) is 8.22. The number of aromatic nitrogens is 2. The molecule has 23 heavy (non-hydrogen) atoms.